The smallest absolute Gasteiger partial charge is 0.0798 e. The van der Waals surface area contributed by atoms with Crippen molar-refractivity contribution >= 4 is 10.9 Å². The van der Waals surface area contributed by atoms with Crippen molar-refractivity contribution in [3.8, 4) is 0 Å². The van der Waals surface area contributed by atoms with Gasteiger partial charge >= 0.3 is 0 Å². The van der Waals surface area contributed by atoms with Gasteiger partial charge in [-0.2, -0.15) is 0 Å². The third-order valence-corrected chi connectivity index (χ3v) is 3.28. The maximum Gasteiger partial charge on any atom is 0.0798 e. The van der Waals surface area contributed by atoms with Gasteiger partial charge in [0.05, 0.1) is 11.1 Å². The first-order chi connectivity index (χ1) is 9.46. The fraction of sp³-hybridized carbons (Fsp3) is 0.471. The molecule has 108 valence electrons. The van der Waals surface area contributed by atoms with Gasteiger partial charge in [-0.25, -0.2) is 0 Å². The Morgan fingerprint density at radius 1 is 1.20 bits per heavy atom. The maximum atomic E-state index is 10.5. The van der Waals surface area contributed by atoms with Crippen molar-refractivity contribution in [3.05, 3.63) is 42.1 Å². The lowest BCUT2D eigenvalue weighted by Crippen LogP contribution is -2.41. The first kappa shape index (κ1) is 14.9. The number of aliphatic hydroxyl groups is 1. The number of rotatable bonds is 6. The van der Waals surface area contributed by atoms with E-state index in [9.17, 15) is 5.11 Å². The molecule has 2 aromatic rings. The van der Waals surface area contributed by atoms with E-state index < -0.39 is 5.60 Å². The van der Waals surface area contributed by atoms with E-state index in [1.807, 2.05) is 31.2 Å². The summed E-state index contributed by atoms with van der Waals surface area (Å²) in [7, 11) is 0. The van der Waals surface area contributed by atoms with Crippen LogP contribution >= 0.6 is 0 Å². The van der Waals surface area contributed by atoms with E-state index in [0.29, 0.717) is 18.9 Å². The number of benzene rings is 1. The average molecular weight is 272 g/mol. The van der Waals surface area contributed by atoms with Crippen LogP contribution in [0.1, 0.15) is 26.5 Å². The fourth-order valence-corrected chi connectivity index (χ4v) is 2.29. The van der Waals surface area contributed by atoms with Crippen LogP contribution in [0, 0.1) is 5.92 Å². The number of nitrogens with zero attached hydrogens (tertiary/aromatic N) is 1. The standard InChI is InChI=1S/C17H24N2O/c1-13(2)11-18-12-17(3,20)10-15-9-8-14-6-4-5-7-16(14)19-15/h4-9,13,18,20H,10-12H2,1-3H3. The molecular formula is C17H24N2O. The van der Waals surface area contributed by atoms with Crippen LogP contribution in [0.5, 0.6) is 0 Å². The monoisotopic (exact) mass is 272 g/mol. The summed E-state index contributed by atoms with van der Waals surface area (Å²) in [6.45, 7) is 7.68. The first-order valence-corrected chi connectivity index (χ1v) is 7.24. The molecule has 1 atom stereocenters. The van der Waals surface area contributed by atoms with Gasteiger partial charge in [0.2, 0.25) is 0 Å². The topological polar surface area (TPSA) is 45.1 Å². The summed E-state index contributed by atoms with van der Waals surface area (Å²) in [5.41, 5.74) is 1.14. The van der Waals surface area contributed by atoms with Crippen LogP contribution in [-0.4, -0.2) is 28.8 Å². The largest absolute Gasteiger partial charge is 0.388 e. The van der Waals surface area contributed by atoms with Gasteiger partial charge in [0.1, 0.15) is 0 Å². The molecule has 0 aliphatic heterocycles. The van der Waals surface area contributed by atoms with Crippen molar-refractivity contribution < 1.29 is 5.11 Å². The number of fused-ring (bicyclic) bond motifs is 1. The Morgan fingerprint density at radius 3 is 2.70 bits per heavy atom. The van der Waals surface area contributed by atoms with Gasteiger partial charge in [-0.3, -0.25) is 4.98 Å². The number of para-hydroxylation sites is 1. The van der Waals surface area contributed by atoms with E-state index in [0.717, 1.165) is 23.1 Å². The minimum Gasteiger partial charge on any atom is -0.388 e. The van der Waals surface area contributed by atoms with E-state index in [1.54, 1.807) is 0 Å². The molecule has 1 aromatic carbocycles. The zero-order valence-corrected chi connectivity index (χ0v) is 12.6. The number of nitrogens with one attached hydrogen (secondary N) is 1. The first-order valence-electron chi connectivity index (χ1n) is 7.24. The highest BCUT2D eigenvalue weighted by Gasteiger charge is 2.21. The molecule has 1 unspecified atom stereocenters. The molecule has 3 heteroatoms. The molecule has 0 aliphatic carbocycles. The molecule has 0 radical (unpaired) electrons. The Kier molecular flexibility index (Phi) is 4.73. The Morgan fingerprint density at radius 2 is 1.95 bits per heavy atom. The zero-order chi connectivity index (χ0) is 14.6. The second kappa shape index (κ2) is 6.33. The summed E-state index contributed by atoms with van der Waals surface area (Å²) in [5, 5.41) is 14.9. The number of hydrogen-bond acceptors (Lipinski definition) is 3. The Balaban J connectivity index is 2.02. The molecule has 0 spiro atoms. The van der Waals surface area contributed by atoms with Crippen molar-refractivity contribution in [2.75, 3.05) is 13.1 Å². The van der Waals surface area contributed by atoms with Gasteiger partial charge in [-0.05, 0) is 31.5 Å². The minimum atomic E-state index is -0.773. The van der Waals surface area contributed by atoms with Crippen LogP contribution in [0.4, 0.5) is 0 Å². The van der Waals surface area contributed by atoms with Gasteiger partial charge in [0, 0.05) is 24.0 Å². The molecule has 3 nitrogen and oxygen atoms in total. The molecule has 1 aromatic heterocycles. The van der Waals surface area contributed by atoms with E-state index in [4.69, 9.17) is 0 Å². The predicted molar refractivity (Wildman–Crippen MR) is 83.8 cm³/mol. The Bertz CT molecular complexity index is 564. The van der Waals surface area contributed by atoms with Crippen LogP contribution < -0.4 is 5.32 Å². The SMILES string of the molecule is CC(C)CNCC(C)(O)Cc1ccc2ccccc2n1. The molecule has 20 heavy (non-hydrogen) atoms. The molecule has 0 fully saturated rings. The quantitative estimate of drug-likeness (QED) is 0.850. The van der Waals surface area contributed by atoms with E-state index in [-0.39, 0.29) is 0 Å². The lowest BCUT2D eigenvalue weighted by atomic mass is 9.99. The highest BCUT2D eigenvalue weighted by molar-refractivity contribution is 5.78. The summed E-state index contributed by atoms with van der Waals surface area (Å²) in [6, 6.07) is 12.1. The summed E-state index contributed by atoms with van der Waals surface area (Å²) in [4.78, 5) is 4.62. The molecular weight excluding hydrogens is 248 g/mol. The highest BCUT2D eigenvalue weighted by Crippen LogP contribution is 2.16. The van der Waals surface area contributed by atoms with Gasteiger partial charge in [-0.15, -0.1) is 0 Å². The molecule has 0 saturated heterocycles. The van der Waals surface area contributed by atoms with Crippen molar-refractivity contribution in [2.45, 2.75) is 32.8 Å². The van der Waals surface area contributed by atoms with Crippen molar-refractivity contribution in [3.63, 3.8) is 0 Å². The molecule has 0 saturated carbocycles. The van der Waals surface area contributed by atoms with Crippen LogP contribution in [0.25, 0.3) is 10.9 Å². The van der Waals surface area contributed by atoms with E-state index in [2.05, 4.69) is 36.3 Å². The van der Waals surface area contributed by atoms with Crippen molar-refractivity contribution in [1.82, 2.24) is 10.3 Å². The number of pyridine rings is 1. The predicted octanol–water partition coefficient (Wildman–Crippen LogP) is 2.77. The number of aromatic nitrogens is 1. The van der Waals surface area contributed by atoms with Gasteiger partial charge in [-0.1, -0.05) is 38.1 Å². The normalized spacial score (nSPS) is 14.7. The minimum absolute atomic E-state index is 0.558. The highest BCUT2D eigenvalue weighted by atomic mass is 16.3. The molecule has 1 heterocycles. The Labute approximate surface area is 121 Å². The third-order valence-electron chi connectivity index (χ3n) is 3.28. The van der Waals surface area contributed by atoms with E-state index in [1.165, 1.54) is 0 Å². The molecule has 0 bridgehead atoms. The summed E-state index contributed by atoms with van der Waals surface area (Å²) >= 11 is 0. The lowest BCUT2D eigenvalue weighted by Gasteiger charge is -2.24. The van der Waals surface area contributed by atoms with Gasteiger partial charge < -0.3 is 10.4 Å². The summed E-state index contributed by atoms with van der Waals surface area (Å²) < 4.78 is 0. The summed E-state index contributed by atoms with van der Waals surface area (Å²) in [6.07, 6.45) is 0.558. The second-order valence-electron chi connectivity index (χ2n) is 6.19. The zero-order valence-electron chi connectivity index (χ0n) is 12.6. The van der Waals surface area contributed by atoms with Crippen LogP contribution in [0.3, 0.4) is 0 Å². The molecule has 2 rings (SSSR count). The maximum absolute atomic E-state index is 10.5. The fourth-order valence-electron chi connectivity index (χ4n) is 2.29. The average Bonchev–Trinajstić information content (AvgIpc) is 2.37. The third kappa shape index (κ3) is 4.29. The van der Waals surface area contributed by atoms with Gasteiger partial charge in [0.25, 0.3) is 0 Å². The van der Waals surface area contributed by atoms with Crippen LogP contribution in [0.2, 0.25) is 0 Å². The van der Waals surface area contributed by atoms with Crippen LogP contribution in [0.15, 0.2) is 36.4 Å². The molecule has 2 N–H and O–H groups in total. The molecule has 0 aliphatic rings. The Hall–Kier alpha value is -1.45. The second-order valence-corrected chi connectivity index (χ2v) is 6.19. The number of hydrogen-bond donors (Lipinski definition) is 2. The van der Waals surface area contributed by atoms with Crippen LogP contribution in [-0.2, 0) is 6.42 Å². The van der Waals surface area contributed by atoms with Crippen molar-refractivity contribution in [2.24, 2.45) is 5.92 Å². The van der Waals surface area contributed by atoms with Gasteiger partial charge in [0.15, 0.2) is 0 Å². The van der Waals surface area contributed by atoms with Crippen molar-refractivity contribution in [1.29, 1.82) is 0 Å². The molecule has 0 amide bonds. The lowest BCUT2D eigenvalue weighted by molar-refractivity contribution is 0.0587. The van der Waals surface area contributed by atoms with E-state index >= 15 is 0 Å². The summed E-state index contributed by atoms with van der Waals surface area (Å²) in [5.74, 6) is 0.588.